The Kier molecular flexibility index (Phi) is 4.14. The van der Waals surface area contributed by atoms with Crippen LogP contribution in [0.15, 0.2) is 85.1 Å². The van der Waals surface area contributed by atoms with Crippen LogP contribution < -0.4 is 9.47 Å². The van der Waals surface area contributed by atoms with Gasteiger partial charge < -0.3 is 9.47 Å². The summed E-state index contributed by atoms with van der Waals surface area (Å²) in [6.45, 7) is 2.23. The van der Waals surface area contributed by atoms with Crippen LogP contribution in [0.1, 0.15) is 5.56 Å². The van der Waals surface area contributed by atoms with E-state index < -0.39 is 0 Å². The molecule has 0 amide bonds. The van der Waals surface area contributed by atoms with Gasteiger partial charge in [-0.2, -0.15) is 0 Å². The maximum absolute atomic E-state index is 11.7. The Morgan fingerprint density at radius 2 is 1.37 bits per heavy atom. The molecule has 0 atom stereocenters. The van der Waals surface area contributed by atoms with Gasteiger partial charge in [-0.1, -0.05) is 36.0 Å². The minimum absolute atomic E-state index is 0.0439. The van der Waals surface area contributed by atoms with Crippen LogP contribution in [0.2, 0.25) is 0 Å². The molecule has 2 aliphatic rings. The molecular formula is C22H17O3S2+. The maximum atomic E-state index is 11.7. The van der Waals surface area contributed by atoms with Crippen LogP contribution in [-0.4, -0.2) is 19.0 Å². The number of aryl methyl sites for hydroxylation is 1. The van der Waals surface area contributed by atoms with Crippen molar-refractivity contribution in [2.75, 3.05) is 13.2 Å². The van der Waals surface area contributed by atoms with E-state index in [9.17, 15) is 4.79 Å². The van der Waals surface area contributed by atoms with Gasteiger partial charge >= 0.3 is 0 Å². The number of benzene rings is 3. The maximum Gasteiger partial charge on any atom is 0.207 e. The van der Waals surface area contributed by atoms with Crippen molar-refractivity contribution in [2.45, 2.75) is 31.4 Å². The zero-order chi connectivity index (χ0) is 18.4. The molecule has 3 aromatic rings. The molecule has 0 bridgehead atoms. The minimum atomic E-state index is -0.223. The molecule has 2 aliphatic heterocycles. The molecular weight excluding hydrogens is 376 g/mol. The van der Waals surface area contributed by atoms with E-state index in [1.54, 1.807) is 0 Å². The second kappa shape index (κ2) is 6.66. The van der Waals surface area contributed by atoms with E-state index >= 15 is 0 Å². The third-order valence-electron chi connectivity index (χ3n) is 4.60. The van der Waals surface area contributed by atoms with Crippen molar-refractivity contribution in [2.24, 2.45) is 0 Å². The molecule has 0 fully saturated rings. The van der Waals surface area contributed by atoms with E-state index in [0.717, 1.165) is 5.56 Å². The molecule has 3 nitrogen and oxygen atoms in total. The topological polar surface area (TPSA) is 35.5 Å². The number of hydrogen-bond acceptors (Lipinski definition) is 4. The number of carbonyl (C=O) groups is 1. The average Bonchev–Trinajstić information content (AvgIpc) is 2.87. The highest BCUT2D eigenvalue weighted by Crippen LogP contribution is 2.49. The van der Waals surface area contributed by atoms with Crippen LogP contribution in [0, 0.1) is 6.92 Å². The molecule has 3 aromatic carbocycles. The zero-order valence-electron chi connectivity index (χ0n) is 14.7. The Morgan fingerprint density at radius 1 is 0.815 bits per heavy atom. The fourth-order valence-electron chi connectivity index (χ4n) is 3.33. The highest BCUT2D eigenvalue weighted by Gasteiger charge is 2.39. The Balaban J connectivity index is 1.70. The van der Waals surface area contributed by atoms with Crippen molar-refractivity contribution < 1.29 is 14.3 Å². The normalized spacial score (nSPS) is 15.7. The van der Waals surface area contributed by atoms with Crippen molar-refractivity contribution in [1.82, 2.24) is 0 Å². The van der Waals surface area contributed by atoms with E-state index in [2.05, 4.69) is 61.5 Å². The molecule has 27 heavy (non-hydrogen) atoms. The van der Waals surface area contributed by atoms with E-state index in [-0.39, 0.29) is 29.9 Å². The predicted octanol–water partition coefficient (Wildman–Crippen LogP) is 4.90. The first kappa shape index (κ1) is 16.8. The van der Waals surface area contributed by atoms with Gasteiger partial charge in [-0.3, -0.25) is 4.79 Å². The van der Waals surface area contributed by atoms with Crippen LogP contribution >= 0.6 is 11.8 Å². The summed E-state index contributed by atoms with van der Waals surface area (Å²) in [6.07, 6.45) is 0. The molecule has 0 radical (unpaired) electrons. The number of rotatable bonds is 1. The van der Waals surface area contributed by atoms with Crippen molar-refractivity contribution >= 4 is 28.4 Å². The molecule has 0 aromatic heterocycles. The summed E-state index contributed by atoms with van der Waals surface area (Å²) in [4.78, 5) is 18.2. The Hall–Kier alpha value is -2.37. The lowest BCUT2D eigenvalue weighted by Crippen LogP contribution is -2.15. The summed E-state index contributed by atoms with van der Waals surface area (Å²) in [5.41, 5.74) is 1.14. The second-order valence-electron chi connectivity index (χ2n) is 6.48. The smallest absolute Gasteiger partial charge is 0.207 e. The Bertz CT molecular complexity index is 1020. The summed E-state index contributed by atoms with van der Waals surface area (Å²) < 4.78 is 11.4. The molecule has 5 rings (SSSR count). The van der Waals surface area contributed by atoms with E-state index in [1.165, 1.54) is 24.5 Å². The van der Waals surface area contributed by atoms with Crippen molar-refractivity contribution in [3.63, 3.8) is 0 Å². The summed E-state index contributed by atoms with van der Waals surface area (Å²) in [7, 11) is -0.223. The number of ether oxygens (including phenoxy) is 2. The summed E-state index contributed by atoms with van der Waals surface area (Å²) in [5, 5.41) is 0. The molecule has 0 spiro atoms. The van der Waals surface area contributed by atoms with Gasteiger partial charge in [-0.25, -0.2) is 0 Å². The van der Waals surface area contributed by atoms with Crippen molar-refractivity contribution in [3.05, 3.63) is 66.2 Å². The number of carbonyl (C=O) groups excluding carboxylic acids is 1. The average molecular weight is 394 g/mol. The van der Waals surface area contributed by atoms with Gasteiger partial charge in [-0.05, 0) is 37.3 Å². The predicted molar refractivity (Wildman–Crippen MR) is 106 cm³/mol. The minimum Gasteiger partial charge on any atom is -0.482 e. The first-order valence-corrected chi connectivity index (χ1v) is 10.8. The third kappa shape index (κ3) is 2.91. The zero-order valence-corrected chi connectivity index (χ0v) is 16.4. The molecule has 2 heterocycles. The summed E-state index contributed by atoms with van der Waals surface area (Å²) in [6, 6.07) is 21.3. The highest BCUT2D eigenvalue weighted by molar-refractivity contribution is 8.04. The lowest BCUT2D eigenvalue weighted by molar-refractivity contribution is -0.122. The quantitative estimate of drug-likeness (QED) is 0.431. The molecule has 0 saturated carbocycles. The fourth-order valence-corrected chi connectivity index (χ4v) is 7.23. The monoisotopic (exact) mass is 393 g/mol. The van der Waals surface area contributed by atoms with Crippen LogP contribution in [-0.2, 0) is 15.7 Å². The molecule has 0 N–H and O–H groups in total. The van der Waals surface area contributed by atoms with Crippen LogP contribution in [0.4, 0.5) is 0 Å². The molecule has 0 unspecified atom stereocenters. The van der Waals surface area contributed by atoms with Crippen LogP contribution in [0.3, 0.4) is 0 Å². The van der Waals surface area contributed by atoms with Gasteiger partial charge in [0.15, 0.2) is 39.4 Å². The molecule has 134 valence electrons. The lowest BCUT2D eigenvalue weighted by Gasteiger charge is -2.20. The van der Waals surface area contributed by atoms with Gasteiger partial charge in [0.2, 0.25) is 5.78 Å². The number of fused-ring (bicyclic) bond motifs is 3. The van der Waals surface area contributed by atoms with E-state index in [1.807, 2.05) is 17.8 Å². The Labute approximate surface area is 165 Å². The fraction of sp³-hybridized carbons (Fsp3) is 0.136. The highest BCUT2D eigenvalue weighted by atomic mass is 32.2. The van der Waals surface area contributed by atoms with Gasteiger partial charge in [0.25, 0.3) is 0 Å². The molecule has 5 heteroatoms. The van der Waals surface area contributed by atoms with Gasteiger partial charge in [0.1, 0.15) is 10.9 Å². The van der Waals surface area contributed by atoms with Crippen LogP contribution in [0.5, 0.6) is 11.5 Å². The lowest BCUT2D eigenvalue weighted by atomic mass is 10.2. The first-order valence-electron chi connectivity index (χ1n) is 8.73. The van der Waals surface area contributed by atoms with Crippen molar-refractivity contribution in [3.8, 4) is 11.5 Å². The molecule has 0 aliphatic carbocycles. The SMILES string of the molecule is Cc1cc2c(cc1[S+]1c3ccccc3Sc3ccccc31)OCC(=O)CO2. The third-order valence-corrected chi connectivity index (χ3v) is 8.48. The second-order valence-corrected chi connectivity index (χ2v) is 9.50. The van der Waals surface area contributed by atoms with E-state index in [4.69, 9.17) is 9.47 Å². The van der Waals surface area contributed by atoms with E-state index in [0.29, 0.717) is 11.5 Å². The summed E-state index contributed by atoms with van der Waals surface area (Å²) >= 11 is 1.83. The number of hydrogen-bond donors (Lipinski definition) is 0. The van der Waals surface area contributed by atoms with Gasteiger partial charge in [0, 0.05) is 11.6 Å². The number of ketones is 1. The summed E-state index contributed by atoms with van der Waals surface area (Å²) in [5.74, 6) is 1.26. The Morgan fingerprint density at radius 3 is 2.00 bits per heavy atom. The van der Waals surface area contributed by atoms with Gasteiger partial charge in [0.05, 0.1) is 9.79 Å². The number of Topliss-reactive ketones (excluding diaryl/α,β-unsaturated/α-hetero) is 1. The molecule has 0 saturated heterocycles. The van der Waals surface area contributed by atoms with Gasteiger partial charge in [-0.15, -0.1) is 0 Å². The standard InChI is InChI=1S/C22H17O3S2/c1-14-10-16-17(25-13-15(23)12-24-16)11-22(14)27-20-8-4-2-6-18(20)26-19-7-3-5-9-21(19)27/h2-11H,12-13H2,1H3/q+1. The van der Waals surface area contributed by atoms with Crippen molar-refractivity contribution in [1.29, 1.82) is 0 Å². The first-order chi connectivity index (χ1) is 13.2. The van der Waals surface area contributed by atoms with Crippen LogP contribution in [0.25, 0.3) is 0 Å². The largest absolute Gasteiger partial charge is 0.482 e.